The molecule has 26 heavy (non-hydrogen) atoms. The quantitative estimate of drug-likeness (QED) is 0.771. The molecule has 3 rings (SSSR count). The van der Waals surface area contributed by atoms with Gasteiger partial charge in [-0.05, 0) is 31.9 Å². The van der Waals surface area contributed by atoms with Crippen LogP contribution >= 0.6 is 0 Å². The van der Waals surface area contributed by atoms with E-state index in [9.17, 15) is 9.59 Å². The summed E-state index contributed by atoms with van der Waals surface area (Å²) >= 11 is 0. The third-order valence-corrected chi connectivity index (χ3v) is 4.38. The third-order valence-electron chi connectivity index (χ3n) is 4.38. The van der Waals surface area contributed by atoms with Crippen molar-refractivity contribution in [1.29, 1.82) is 0 Å². The summed E-state index contributed by atoms with van der Waals surface area (Å²) in [7, 11) is 0. The smallest absolute Gasteiger partial charge is 0.243 e. The molecule has 2 aromatic rings. The van der Waals surface area contributed by atoms with Gasteiger partial charge < -0.3 is 4.90 Å². The van der Waals surface area contributed by atoms with Gasteiger partial charge in [-0.15, -0.1) is 0 Å². The van der Waals surface area contributed by atoms with Gasteiger partial charge in [-0.1, -0.05) is 30.3 Å². The van der Waals surface area contributed by atoms with Crippen molar-refractivity contribution in [3.63, 3.8) is 0 Å². The number of hydrazine groups is 1. The Hall–Kier alpha value is -2.96. The summed E-state index contributed by atoms with van der Waals surface area (Å²) in [6.07, 6.45) is 1.02. The number of anilines is 1. The maximum absolute atomic E-state index is 12.3. The Labute approximate surface area is 152 Å². The fraction of sp³-hybridized carbons (Fsp3) is 0.368. The molecule has 0 radical (unpaired) electrons. The maximum Gasteiger partial charge on any atom is 0.243 e. The predicted molar refractivity (Wildman–Crippen MR) is 98.1 cm³/mol. The third kappa shape index (κ3) is 4.56. The summed E-state index contributed by atoms with van der Waals surface area (Å²) in [6, 6.07) is 11.9. The first kappa shape index (κ1) is 17.8. The molecule has 2 amide bonds. The average Bonchev–Trinajstić information content (AvgIpc) is 2.99. The van der Waals surface area contributed by atoms with Gasteiger partial charge in [0.2, 0.25) is 17.8 Å². The lowest BCUT2D eigenvalue weighted by atomic mass is 10.1. The second-order valence-electron chi connectivity index (χ2n) is 6.56. The van der Waals surface area contributed by atoms with Gasteiger partial charge in [0.15, 0.2) is 0 Å². The van der Waals surface area contributed by atoms with Crippen LogP contribution in [0.5, 0.6) is 0 Å². The monoisotopic (exact) mass is 353 g/mol. The van der Waals surface area contributed by atoms with Crippen LogP contribution in [0.25, 0.3) is 0 Å². The van der Waals surface area contributed by atoms with Gasteiger partial charge in [-0.2, -0.15) is 0 Å². The molecule has 1 aromatic heterocycles. The normalized spacial score (nSPS) is 16.6. The fourth-order valence-corrected chi connectivity index (χ4v) is 3.07. The second-order valence-corrected chi connectivity index (χ2v) is 6.56. The molecule has 0 spiro atoms. The Morgan fingerprint density at radius 2 is 1.88 bits per heavy atom. The number of amides is 2. The van der Waals surface area contributed by atoms with Crippen molar-refractivity contribution in [2.75, 3.05) is 18.5 Å². The molecular formula is C19H23N5O2. The number of aromatic nitrogens is 2. The van der Waals surface area contributed by atoms with E-state index in [2.05, 4.69) is 20.8 Å². The standard InChI is InChI=1S/C19H23N5O2/c1-13-10-14(2)21-19(20-13)23-22-18(26)16-11-17(25)24(12-16)9-8-15-6-4-3-5-7-15/h3-7,10,16H,8-9,11-12H2,1-2H3,(H,22,26)(H,20,21,23). The van der Waals surface area contributed by atoms with Crippen LogP contribution in [0.15, 0.2) is 36.4 Å². The number of carbonyl (C=O) groups excluding carboxylic acids is 2. The molecule has 2 N–H and O–H groups in total. The van der Waals surface area contributed by atoms with Crippen LogP contribution in [0.3, 0.4) is 0 Å². The SMILES string of the molecule is Cc1cc(C)nc(NNC(=O)C2CC(=O)N(CCc3ccccc3)C2)n1. The summed E-state index contributed by atoms with van der Waals surface area (Å²) in [5.74, 6) is -0.218. The first-order valence-electron chi connectivity index (χ1n) is 8.71. The lowest BCUT2D eigenvalue weighted by Crippen LogP contribution is -2.37. The van der Waals surface area contributed by atoms with Gasteiger partial charge in [0.05, 0.1) is 5.92 Å². The van der Waals surface area contributed by atoms with Gasteiger partial charge in [-0.3, -0.25) is 20.4 Å². The van der Waals surface area contributed by atoms with E-state index in [-0.39, 0.29) is 24.2 Å². The van der Waals surface area contributed by atoms with Crippen molar-refractivity contribution in [3.05, 3.63) is 53.3 Å². The molecule has 0 aliphatic carbocycles. The molecule has 7 heteroatoms. The van der Waals surface area contributed by atoms with Gasteiger partial charge in [-0.25, -0.2) is 9.97 Å². The highest BCUT2D eigenvalue weighted by Crippen LogP contribution is 2.18. The number of hydrogen-bond acceptors (Lipinski definition) is 5. The van der Waals surface area contributed by atoms with Crippen LogP contribution < -0.4 is 10.9 Å². The number of rotatable bonds is 6. The van der Waals surface area contributed by atoms with E-state index in [1.807, 2.05) is 50.2 Å². The number of likely N-dealkylation sites (tertiary alicyclic amines) is 1. The molecule has 136 valence electrons. The van der Waals surface area contributed by atoms with Crippen molar-refractivity contribution >= 4 is 17.8 Å². The Kier molecular flexibility index (Phi) is 5.46. The molecule has 1 aliphatic heterocycles. The first-order chi connectivity index (χ1) is 12.5. The van der Waals surface area contributed by atoms with E-state index in [0.717, 1.165) is 17.8 Å². The minimum absolute atomic E-state index is 0.0173. The van der Waals surface area contributed by atoms with Crippen molar-refractivity contribution in [2.24, 2.45) is 5.92 Å². The molecule has 0 saturated carbocycles. The number of carbonyl (C=O) groups is 2. The average molecular weight is 353 g/mol. The van der Waals surface area contributed by atoms with Crippen molar-refractivity contribution in [2.45, 2.75) is 26.7 Å². The lowest BCUT2D eigenvalue weighted by molar-refractivity contribution is -0.128. The van der Waals surface area contributed by atoms with Gasteiger partial charge in [0.1, 0.15) is 0 Å². The van der Waals surface area contributed by atoms with Crippen LogP contribution in [0.2, 0.25) is 0 Å². The Morgan fingerprint density at radius 1 is 1.19 bits per heavy atom. The van der Waals surface area contributed by atoms with Crippen LogP contribution in [-0.4, -0.2) is 39.8 Å². The minimum Gasteiger partial charge on any atom is -0.342 e. The molecule has 1 atom stereocenters. The summed E-state index contributed by atoms with van der Waals surface area (Å²) in [4.78, 5) is 34.7. The minimum atomic E-state index is -0.364. The van der Waals surface area contributed by atoms with Gasteiger partial charge >= 0.3 is 0 Å². The fourth-order valence-electron chi connectivity index (χ4n) is 3.07. The van der Waals surface area contributed by atoms with E-state index in [0.29, 0.717) is 19.0 Å². The number of nitrogens with zero attached hydrogens (tertiary/aromatic N) is 3. The molecule has 7 nitrogen and oxygen atoms in total. The largest absolute Gasteiger partial charge is 0.342 e. The van der Waals surface area contributed by atoms with Crippen LogP contribution in [0.4, 0.5) is 5.95 Å². The van der Waals surface area contributed by atoms with Crippen molar-refractivity contribution in [3.8, 4) is 0 Å². The number of hydrogen-bond donors (Lipinski definition) is 2. The molecular weight excluding hydrogens is 330 g/mol. The summed E-state index contributed by atoms with van der Waals surface area (Å²) in [5, 5.41) is 0. The van der Waals surface area contributed by atoms with Gasteiger partial charge in [0, 0.05) is 30.9 Å². The maximum atomic E-state index is 12.3. The zero-order valence-corrected chi connectivity index (χ0v) is 15.0. The zero-order valence-electron chi connectivity index (χ0n) is 15.0. The van der Waals surface area contributed by atoms with E-state index >= 15 is 0 Å². The lowest BCUT2D eigenvalue weighted by Gasteiger charge is -2.16. The first-order valence-corrected chi connectivity index (χ1v) is 8.71. The molecule has 1 aromatic carbocycles. The van der Waals surface area contributed by atoms with E-state index < -0.39 is 0 Å². The predicted octanol–water partition coefficient (Wildman–Crippen LogP) is 1.63. The molecule has 0 bridgehead atoms. The number of benzene rings is 1. The Bertz CT molecular complexity index is 774. The molecule has 1 fully saturated rings. The summed E-state index contributed by atoms with van der Waals surface area (Å²) in [6.45, 7) is 4.79. The topological polar surface area (TPSA) is 87.2 Å². The Morgan fingerprint density at radius 3 is 2.58 bits per heavy atom. The summed E-state index contributed by atoms with van der Waals surface area (Å²) in [5.41, 5.74) is 8.17. The highest BCUT2D eigenvalue weighted by atomic mass is 16.2. The molecule has 1 saturated heterocycles. The van der Waals surface area contributed by atoms with Gasteiger partial charge in [0.25, 0.3) is 0 Å². The zero-order chi connectivity index (χ0) is 18.5. The highest BCUT2D eigenvalue weighted by molar-refractivity contribution is 5.89. The van der Waals surface area contributed by atoms with Crippen molar-refractivity contribution in [1.82, 2.24) is 20.3 Å². The van der Waals surface area contributed by atoms with Crippen LogP contribution in [0, 0.1) is 19.8 Å². The van der Waals surface area contributed by atoms with E-state index in [1.165, 1.54) is 5.56 Å². The number of aryl methyl sites for hydroxylation is 2. The van der Waals surface area contributed by atoms with Crippen LogP contribution in [0.1, 0.15) is 23.4 Å². The highest BCUT2D eigenvalue weighted by Gasteiger charge is 2.34. The van der Waals surface area contributed by atoms with Crippen LogP contribution in [-0.2, 0) is 16.0 Å². The van der Waals surface area contributed by atoms with E-state index in [1.54, 1.807) is 4.90 Å². The van der Waals surface area contributed by atoms with E-state index in [4.69, 9.17) is 0 Å². The summed E-state index contributed by atoms with van der Waals surface area (Å²) < 4.78 is 0. The molecule has 2 heterocycles. The second kappa shape index (κ2) is 7.95. The molecule has 1 aliphatic rings. The molecule has 1 unspecified atom stereocenters. The Balaban J connectivity index is 1.50. The van der Waals surface area contributed by atoms with Crippen molar-refractivity contribution < 1.29 is 9.59 Å². The number of nitrogens with one attached hydrogen (secondary N) is 2.